The number of aliphatic carboxylic acids is 1. The van der Waals surface area contributed by atoms with Crippen LogP contribution >= 0.6 is 0 Å². The first-order valence-corrected chi connectivity index (χ1v) is 6.32. The van der Waals surface area contributed by atoms with Crippen molar-refractivity contribution in [3.8, 4) is 0 Å². The molecule has 2 N–H and O–H groups in total. The Morgan fingerprint density at radius 2 is 1.88 bits per heavy atom. The Morgan fingerprint density at radius 3 is 2.19 bits per heavy atom. The van der Waals surface area contributed by atoms with E-state index >= 15 is 0 Å². The van der Waals surface area contributed by atoms with Gasteiger partial charge in [0.05, 0.1) is 5.41 Å². The van der Waals surface area contributed by atoms with Crippen molar-refractivity contribution in [3.05, 3.63) is 0 Å². The highest BCUT2D eigenvalue weighted by Crippen LogP contribution is 2.40. The molecule has 0 aromatic rings. The largest absolute Gasteiger partial charge is 0.481 e. The molecular weight excluding hydrogens is 202 g/mol. The summed E-state index contributed by atoms with van der Waals surface area (Å²) in [7, 11) is 0. The minimum Gasteiger partial charge on any atom is -0.481 e. The van der Waals surface area contributed by atoms with Crippen LogP contribution in [-0.2, 0) is 4.79 Å². The van der Waals surface area contributed by atoms with E-state index < -0.39 is 11.4 Å². The molecule has 0 bridgehead atoms. The van der Waals surface area contributed by atoms with Gasteiger partial charge in [0.1, 0.15) is 0 Å². The monoisotopic (exact) mass is 227 g/mol. The van der Waals surface area contributed by atoms with Crippen LogP contribution in [0.5, 0.6) is 0 Å². The van der Waals surface area contributed by atoms with Gasteiger partial charge in [-0.05, 0) is 31.1 Å². The topological polar surface area (TPSA) is 49.3 Å². The summed E-state index contributed by atoms with van der Waals surface area (Å²) in [4.78, 5) is 11.3. The van der Waals surface area contributed by atoms with E-state index in [1.165, 1.54) is 0 Å². The molecule has 0 aromatic carbocycles. The molecule has 0 saturated heterocycles. The van der Waals surface area contributed by atoms with Gasteiger partial charge in [-0.15, -0.1) is 0 Å². The molecule has 0 heterocycles. The first-order valence-electron chi connectivity index (χ1n) is 6.32. The SMILES string of the molecule is CCC(CC)(CNC1CC(C)(C)C1)C(=O)O. The molecule has 0 amide bonds. The van der Waals surface area contributed by atoms with Gasteiger partial charge in [-0.2, -0.15) is 0 Å². The molecule has 1 aliphatic carbocycles. The lowest BCUT2D eigenvalue weighted by Crippen LogP contribution is -2.51. The third-order valence-electron chi connectivity index (χ3n) is 4.13. The molecule has 3 heteroatoms. The van der Waals surface area contributed by atoms with Crippen molar-refractivity contribution in [3.63, 3.8) is 0 Å². The van der Waals surface area contributed by atoms with Gasteiger partial charge in [0.2, 0.25) is 0 Å². The second-order valence-electron chi connectivity index (χ2n) is 5.94. The highest BCUT2D eigenvalue weighted by Gasteiger charge is 2.39. The lowest BCUT2D eigenvalue weighted by Gasteiger charge is -2.44. The fourth-order valence-corrected chi connectivity index (χ4v) is 2.64. The molecular formula is C13H25NO2. The van der Waals surface area contributed by atoms with Crippen LogP contribution in [0, 0.1) is 10.8 Å². The van der Waals surface area contributed by atoms with Crippen LogP contribution in [0.1, 0.15) is 53.4 Å². The zero-order valence-electron chi connectivity index (χ0n) is 11.0. The van der Waals surface area contributed by atoms with Gasteiger partial charge in [-0.3, -0.25) is 4.79 Å². The van der Waals surface area contributed by atoms with Crippen LogP contribution in [-0.4, -0.2) is 23.7 Å². The van der Waals surface area contributed by atoms with Gasteiger partial charge in [0.15, 0.2) is 0 Å². The summed E-state index contributed by atoms with van der Waals surface area (Å²) in [5.74, 6) is -0.663. The number of carboxylic acids is 1. The zero-order valence-corrected chi connectivity index (χ0v) is 11.0. The van der Waals surface area contributed by atoms with Crippen molar-refractivity contribution in [2.75, 3.05) is 6.54 Å². The van der Waals surface area contributed by atoms with E-state index in [2.05, 4.69) is 19.2 Å². The maximum atomic E-state index is 11.3. The van der Waals surface area contributed by atoms with Gasteiger partial charge in [0, 0.05) is 12.6 Å². The maximum Gasteiger partial charge on any atom is 0.310 e. The summed E-state index contributed by atoms with van der Waals surface area (Å²) in [6, 6.07) is 0.520. The molecule has 0 aliphatic heterocycles. The van der Waals surface area contributed by atoms with E-state index in [0.717, 1.165) is 12.8 Å². The molecule has 0 spiro atoms. The third-order valence-corrected chi connectivity index (χ3v) is 4.13. The number of carbonyl (C=O) groups is 1. The number of nitrogens with one attached hydrogen (secondary N) is 1. The van der Waals surface area contributed by atoms with Crippen molar-refractivity contribution in [1.29, 1.82) is 0 Å². The van der Waals surface area contributed by atoms with E-state index in [0.29, 0.717) is 30.8 Å². The molecule has 16 heavy (non-hydrogen) atoms. The summed E-state index contributed by atoms with van der Waals surface area (Å²) in [5.41, 5.74) is -0.123. The normalized spacial score (nSPS) is 20.5. The Morgan fingerprint density at radius 1 is 1.38 bits per heavy atom. The van der Waals surface area contributed by atoms with Crippen molar-refractivity contribution in [2.45, 2.75) is 59.4 Å². The first kappa shape index (κ1) is 13.5. The predicted molar refractivity (Wildman–Crippen MR) is 65.5 cm³/mol. The molecule has 3 nitrogen and oxygen atoms in total. The van der Waals surface area contributed by atoms with Gasteiger partial charge in [-0.25, -0.2) is 0 Å². The van der Waals surface area contributed by atoms with Gasteiger partial charge in [-0.1, -0.05) is 27.7 Å². The summed E-state index contributed by atoms with van der Waals surface area (Å²) in [6.45, 7) is 9.05. The summed E-state index contributed by atoms with van der Waals surface area (Å²) in [6.07, 6.45) is 3.72. The van der Waals surface area contributed by atoms with E-state index in [9.17, 15) is 9.90 Å². The minimum atomic E-state index is -0.663. The zero-order chi connectivity index (χ0) is 12.4. The Kier molecular flexibility index (Phi) is 4.00. The number of carboxylic acid groups (broad SMARTS) is 1. The van der Waals surface area contributed by atoms with E-state index in [1.807, 2.05) is 13.8 Å². The molecule has 1 rings (SSSR count). The van der Waals surface area contributed by atoms with Crippen molar-refractivity contribution < 1.29 is 9.90 Å². The highest BCUT2D eigenvalue weighted by atomic mass is 16.4. The number of rotatable bonds is 6. The fourth-order valence-electron chi connectivity index (χ4n) is 2.64. The average molecular weight is 227 g/mol. The van der Waals surface area contributed by atoms with Gasteiger partial charge in [0.25, 0.3) is 0 Å². The Labute approximate surface area is 98.6 Å². The van der Waals surface area contributed by atoms with Crippen LogP contribution in [0.15, 0.2) is 0 Å². The van der Waals surface area contributed by atoms with Crippen LogP contribution in [0.3, 0.4) is 0 Å². The number of hydrogen-bond acceptors (Lipinski definition) is 2. The van der Waals surface area contributed by atoms with Crippen molar-refractivity contribution >= 4 is 5.97 Å². The lowest BCUT2D eigenvalue weighted by atomic mass is 9.68. The summed E-state index contributed by atoms with van der Waals surface area (Å²) < 4.78 is 0. The lowest BCUT2D eigenvalue weighted by molar-refractivity contribution is -0.149. The standard InChI is InChI=1S/C13H25NO2/c1-5-13(6-2,11(15)16)9-14-10-7-12(3,4)8-10/h10,14H,5-9H2,1-4H3,(H,15,16). The smallest absolute Gasteiger partial charge is 0.310 e. The average Bonchev–Trinajstić information content (AvgIpc) is 2.16. The molecule has 1 saturated carbocycles. The third kappa shape index (κ3) is 2.76. The molecule has 0 atom stereocenters. The van der Waals surface area contributed by atoms with E-state index in [-0.39, 0.29) is 0 Å². The fraction of sp³-hybridized carbons (Fsp3) is 0.923. The molecule has 0 unspecified atom stereocenters. The predicted octanol–water partition coefficient (Wildman–Crippen LogP) is 2.66. The summed E-state index contributed by atoms with van der Waals surface area (Å²) >= 11 is 0. The van der Waals surface area contributed by atoms with Crippen LogP contribution in [0.2, 0.25) is 0 Å². The summed E-state index contributed by atoms with van der Waals surface area (Å²) in [5, 5.41) is 12.7. The second kappa shape index (κ2) is 4.74. The van der Waals surface area contributed by atoms with Crippen LogP contribution in [0.25, 0.3) is 0 Å². The Balaban J connectivity index is 2.43. The van der Waals surface area contributed by atoms with E-state index in [4.69, 9.17) is 0 Å². The molecule has 0 aromatic heterocycles. The molecule has 1 fully saturated rings. The van der Waals surface area contributed by atoms with Crippen LogP contribution < -0.4 is 5.32 Å². The van der Waals surface area contributed by atoms with Gasteiger partial charge >= 0.3 is 5.97 Å². The maximum absolute atomic E-state index is 11.3. The van der Waals surface area contributed by atoms with Crippen LogP contribution in [0.4, 0.5) is 0 Å². The highest BCUT2D eigenvalue weighted by molar-refractivity contribution is 5.74. The Hall–Kier alpha value is -0.570. The number of hydrogen-bond donors (Lipinski definition) is 2. The quantitative estimate of drug-likeness (QED) is 0.733. The van der Waals surface area contributed by atoms with E-state index in [1.54, 1.807) is 0 Å². The second-order valence-corrected chi connectivity index (χ2v) is 5.94. The van der Waals surface area contributed by atoms with Crippen molar-refractivity contribution in [1.82, 2.24) is 5.32 Å². The first-order chi connectivity index (χ1) is 7.35. The van der Waals surface area contributed by atoms with Gasteiger partial charge < -0.3 is 10.4 Å². The van der Waals surface area contributed by atoms with Crippen molar-refractivity contribution in [2.24, 2.45) is 10.8 Å². The molecule has 94 valence electrons. The molecule has 0 radical (unpaired) electrons. The minimum absolute atomic E-state index is 0.446. The Bertz CT molecular complexity index is 249. The molecule has 1 aliphatic rings.